The first-order valence-electron chi connectivity index (χ1n) is 13.0. The van der Waals surface area contributed by atoms with Crippen molar-refractivity contribution in [3.63, 3.8) is 0 Å². The molecule has 0 aliphatic carbocycles. The highest BCUT2D eigenvalue weighted by atomic mass is 32.2. The number of anilines is 2. The van der Waals surface area contributed by atoms with Crippen molar-refractivity contribution in [2.24, 2.45) is 0 Å². The summed E-state index contributed by atoms with van der Waals surface area (Å²) in [4.78, 5) is 0.255. The summed E-state index contributed by atoms with van der Waals surface area (Å²) >= 11 is 0. The molecule has 0 amide bonds. The lowest BCUT2D eigenvalue weighted by atomic mass is 10.0. The molecular weight excluding hydrogens is 684 g/mol. The SMILES string of the molecule is O=S(c1ccc(NC(C(O)C(O)C(O)C(O)CO)S(=O)(=O)O)cc1)c1ccc(NC(C(O)C(O)C(O)C(O)CO)S(=O)(=O)O)cc1. The van der Waals surface area contributed by atoms with E-state index in [1.165, 1.54) is 48.5 Å². The molecule has 0 aromatic heterocycles. The lowest BCUT2D eigenvalue weighted by Crippen LogP contribution is -2.54. The molecule has 0 aliphatic heterocycles. The Labute approximate surface area is 265 Å². The third kappa shape index (κ3) is 10.3. The van der Waals surface area contributed by atoms with Crippen molar-refractivity contribution in [3.8, 4) is 0 Å². The second-order valence-electron chi connectivity index (χ2n) is 9.92. The highest BCUT2D eigenvalue weighted by Crippen LogP contribution is 2.24. The predicted octanol–water partition coefficient (Wildman–Crippen LogP) is -5.02. The van der Waals surface area contributed by atoms with Crippen molar-refractivity contribution in [2.45, 2.75) is 69.4 Å². The first-order chi connectivity index (χ1) is 21.2. The van der Waals surface area contributed by atoms with Gasteiger partial charge >= 0.3 is 0 Å². The van der Waals surface area contributed by atoms with Crippen molar-refractivity contribution in [3.05, 3.63) is 48.5 Å². The van der Waals surface area contributed by atoms with Gasteiger partial charge < -0.3 is 61.7 Å². The summed E-state index contributed by atoms with van der Waals surface area (Å²) in [5.74, 6) is 0. The third-order valence-electron chi connectivity index (χ3n) is 6.58. The van der Waals surface area contributed by atoms with Gasteiger partial charge in [0.25, 0.3) is 20.2 Å². The van der Waals surface area contributed by atoms with Crippen LogP contribution in [0.5, 0.6) is 0 Å². The topological polar surface area (TPSA) is 352 Å². The Bertz CT molecular complexity index is 1380. The van der Waals surface area contributed by atoms with E-state index in [9.17, 15) is 71.0 Å². The van der Waals surface area contributed by atoms with E-state index < -0.39 is 104 Å². The van der Waals surface area contributed by atoms with Gasteiger partial charge in [0.2, 0.25) is 0 Å². The number of aliphatic hydroxyl groups excluding tert-OH is 10. The van der Waals surface area contributed by atoms with Gasteiger partial charge in [0.15, 0.2) is 10.7 Å². The van der Waals surface area contributed by atoms with E-state index in [1.54, 1.807) is 0 Å². The van der Waals surface area contributed by atoms with Crippen LogP contribution in [0.3, 0.4) is 0 Å². The highest BCUT2D eigenvalue weighted by Gasteiger charge is 2.42. The van der Waals surface area contributed by atoms with Crippen LogP contribution in [0.2, 0.25) is 0 Å². The maximum absolute atomic E-state index is 13.1. The minimum absolute atomic E-state index is 0.0833. The predicted molar refractivity (Wildman–Crippen MR) is 158 cm³/mol. The van der Waals surface area contributed by atoms with Gasteiger partial charge in [0.1, 0.15) is 48.8 Å². The minimum Gasteiger partial charge on any atom is -0.394 e. The van der Waals surface area contributed by atoms with Gasteiger partial charge in [-0.25, -0.2) is 4.21 Å². The number of benzene rings is 2. The highest BCUT2D eigenvalue weighted by molar-refractivity contribution is 7.87. The van der Waals surface area contributed by atoms with Gasteiger partial charge in [0.05, 0.1) is 24.0 Å². The Hall–Kier alpha value is -2.39. The summed E-state index contributed by atoms with van der Waals surface area (Å²) in [6.07, 6.45) is -17.8. The van der Waals surface area contributed by atoms with E-state index >= 15 is 0 Å². The van der Waals surface area contributed by atoms with Crippen LogP contribution in [0, 0.1) is 0 Å². The zero-order valence-electron chi connectivity index (χ0n) is 23.4. The molecule has 19 nitrogen and oxygen atoms in total. The maximum Gasteiger partial charge on any atom is 0.288 e. The van der Waals surface area contributed by atoms with Crippen molar-refractivity contribution < 1.29 is 81.2 Å². The van der Waals surface area contributed by atoms with Crippen molar-refractivity contribution in [1.29, 1.82) is 0 Å². The van der Waals surface area contributed by atoms with E-state index in [-0.39, 0.29) is 21.2 Å². The molecule has 0 fully saturated rings. The van der Waals surface area contributed by atoms with E-state index in [4.69, 9.17) is 10.2 Å². The zero-order valence-corrected chi connectivity index (χ0v) is 25.9. The van der Waals surface area contributed by atoms with Crippen LogP contribution in [0.15, 0.2) is 58.3 Å². The Morgan fingerprint density at radius 3 is 1.04 bits per heavy atom. The van der Waals surface area contributed by atoms with E-state index in [0.717, 1.165) is 0 Å². The molecule has 14 N–H and O–H groups in total. The molecular formula is C24H36N2O17S3. The quantitative estimate of drug-likeness (QED) is 0.0641. The number of hydrogen-bond acceptors (Lipinski definition) is 17. The van der Waals surface area contributed by atoms with E-state index in [1.807, 2.05) is 0 Å². The summed E-state index contributed by atoms with van der Waals surface area (Å²) in [6.45, 7) is -2.07. The molecule has 0 aliphatic rings. The number of hydrogen-bond donors (Lipinski definition) is 14. The summed E-state index contributed by atoms with van der Waals surface area (Å²) in [7, 11) is -12.2. The first-order valence-corrected chi connectivity index (χ1v) is 17.1. The fraction of sp³-hybridized carbons (Fsp3) is 0.500. The average Bonchev–Trinajstić information content (AvgIpc) is 3.02. The van der Waals surface area contributed by atoms with Crippen LogP contribution < -0.4 is 10.6 Å². The number of aliphatic hydroxyl groups is 10. The van der Waals surface area contributed by atoms with Gasteiger partial charge in [-0.3, -0.25) is 9.11 Å². The van der Waals surface area contributed by atoms with Crippen LogP contribution >= 0.6 is 0 Å². The summed E-state index contributed by atoms with van der Waals surface area (Å²) in [6, 6.07) is 9.73. The molecule has 22 heteroatoms. The number of rotatable bonds is 18. The Kier molecular flexibility index (Phi) is 14.4. The molecule has 0 spiro atoms. The molecule has 46 heavy (non-hydrogen) atoms. The van der Waals surface area contributed by atoms with Gasteiger partial charge in [0, 0.05) is 21.2 Å². The lowest BCUT2D eigenvalue weighted by Gasteiger charge is -2.30. The lowest BCUT2D eigenvalue weighted by molar-refractivity contribution is -0.114. The second kappa shape index (κ2) is 16.6. The average molecular weight is 721 g/mol. The molecule has 0 heterocycles. The summed E-state index contributed by atoms with van der Waals surface area (Å²) in [5, 5.41) is 96.6. The molecule has 2 aromatic rings. The molecule has 2 aromatic carbocycles. The van der Waals surface area contributed by atoms with E-state index in [2.05, 4.69) is 10.6 Å². The monoisotopic (exact) mass is 720 g/mol. The third-order valence-corrected chi connectivity index (χ3v) is 10.1. The van der Waals surface area contributed by atoms with Gasteiger partial charge in [-0.15, -0.1) is 0 Å². The molecule has 262 valence electrons. The summed E-state index contributed by atoms with van der Waals surface area (Å²) in [5.41, 5.74) is -0.167. The Morgan fingerprint density at radius 1 is 0.522 bits per heavy atom. The molecule has 0 bridgehead atoms. The maximum atomic E-state index is 13.1. The van der Waals surface area contributed by atoms with Crippen molar-refractivity contribution in [1.82, 2.24) is 0 Å². The molecule has 2 rings (SSSR count). The number of nitrogens with one attached hydrogen (secondary N) is 2. The van der Waals surface area contributed by atoms with Crippen LogP contribution in [0.1, 0.15) is 0 Å². The Balaban J connectivity index is 2.20. The van der Waals surface area contributed by atoms with Gasteiger partial charge in [-0.2, -0.15) is 16.8 Å². The van der Waals surface area contributed by atoms with Gasteiger partial charge in [-0.05, 0) is 48.5 Å². The van der Waals surface area contributed by atoms with Crippen molar-refractivity contribution in [2.75, 3.05) is 23.8 Å². The fourth-order valence-corrected chi connectivity index (χ4v) is 6.56. The first kappa shape index (κ1) is 39.8. The molecule has 0 radical (unpaired) electrons. The normalized spacial score (nSPS) is 19.8. The van der Waals surface area contributed by atoms with Gasteiger partial charge in [-0.1, -0.05) is 0 Å². The Morgan fingerprint density at radius 2 is 0.804 bits per heavy atom. The molecule has 10 unspecified atom stereocenters. The van der Waals surface area contributed by atoms with Crippen LogP contribution in [0.4, 0.5) is 11.4 Å². The molecule has 0 saturated heterocycles. The smallest absolute Gasteiger partial charge is 0.288 e. The summed E-state index contributed by atoms with van der Waals surface area (Å²) < 4.78 is 79.6. The van der Waals surface area contributed by atoms with Crippen LogP contribution in [-0.4, -0.2) is 154 Å². The zero-order chi connectivity index (χ0) is 35.1. The standard InChI is InChI=1S/C24H36N2O17S3/c27-9-15(29)17(31)19(33)21(35)23(45(38,39)40)25-11-1-5-13(6-2-11)44(37)14-7-3-12(4-8-14)26-24(46(41,42)43)22(36)20(34)18(32)16(30)10-28/h1-8,15-36H,9-10H2,(H,38,39,40)(H,41,42,43). The fourth-order valence-electron chi connectivity index (χ4n) is 3.92. The van der Waals surface area contributed by atoms with Crippen LogP contribution in [-0.2, 0) is 31.0 Å². The molecule has 0 saturated carbocycles. The molecule has 10 atom stereocenters. The largest absolute Gasteiger partial charge is 0.394 e. The van der Waals surface area contributed by atoms with Crippen LogP contribution in [0.25, 0.3) is 0 Å². The minimum atomic E-state index is -5.14. The van der Waals surface area contributed by atoms with E-state index in [0.29, 0.717) is 0 Å². The second-order valence-corrected chi connectivity index (χ2v) is 14.5. The van der Waals surface area contributed by atoms with Crippen molar-refractivity contribution >= 4 is 42.4 Å².